The molecule has 1 heterocycles. The van der Waals surface area contributed by atoms with Gasteiger partial charge in [0.25, 0.3) is 0 Å². The van der Waals surface area contributed by atoms with Crippen LogP contribution in [-0.4, -0.2) is 204 Å². The summed E-state index contributed by atoms with van der Waals surface area (Å²) < 4.78 is 0. The van der Waals surface area contributed by atoms with Crippen LogP contribution in [0.5, 0.6) is 5.75 Å². The van der Waals surface area contributed by atoms with Gasteiger partial charge in [-0.3, -0.25) is 54.0 Å². The SMILES string of the molecule is CC(C)C(N)C(=O)O.N=C(N)NCCCC(N)C(=O)O.N=C(N)NCCCC(N)C(=O)O.NC(CS)C(=O)O.NC(Cc1ccc(O)cc1)C(=O)O.NCC(=O)O.NCC(=O)O.NCCCCC(N)C(=O)O.O=C(O)[C@@H]1CCCN1. The molecule has 1 saturated heterocycles. The van der Waals surface area contributed by atoms with Gasteiger partial charge in [-0.25, -0.2) is 0 Å². The van der Waals surface area contributed by atoms with Crippen molar-refractivity contribution in [3.8, 4) is 5.75 Å². The van der Waals surface area contributed by atoms with Crippen LogP contribution in [0.25, 0.3) is 0 Å². The van der Waals surface area contributed by atoms with Crippen LogP contribution in [0.3, 0.4) is 0 Å². The highest BCUT2D eigenvalue weighted by Gasteiger charge is 2.20. The van der Waals surface area contributed by atoms with Gasteiger partial charge in [0.15, 0.2) is 11.9 Å². The first kappa shape index (κ1) is 86.6. The van der Waals surface area contributed by atoms with Crippen LogP contribution in [0.4, 0.5) is 0 Å². The molecule has 1 aromatic rings. The van der Waals surface area contributed by atoms with Crippen molar-refractivity contribution >= 4 is 78.3 Å². The van der Waals surface area contributed by atoms with Gasteiger partial charge in [-0.05, 0) is 94.5 Å². The summed E-state index contributed by atoms with van der Waals surface area (Å²) in [6, 6.07) is 1.27. The lowest BCUT2D eigenvalue weighted by Gasteiger charge is -2.07. The minimum absolute atomic E-state index is 0.0208. The van der Waals surface area contributed by atoms with Crippen molar-refractivity contribution in [2.75, 3.05) is 45.0 Å². The van der Waals surface area contributed by atoms with Crippen LogP contribution in [0.1, 0.15) is 77.2 Å². The van der Waals surface area contributed by atoms with Gasteiger partial charge >= 0.3 is 53.7 Å². The van der Waals surface area contributed by atoms with Gasteiger partial charge in [-0.2, -0.15) is 12.6 Å². The van der Waals surface area contributed by atoms with Gasteiger partial charge in [0.05, 0.1) is 13.1 Å². The molecule has 0 radical (unpaired) electrons. The van der Waals surface area contributed by atoms with E-state index in [-0.39, 0.29) is 54.9 Å². The fourth-order valence-electron chi connectivity index (χ4n) is 4.20. The number of thiol groups is 1. The minimum atomic E-state index is -1.02. The van der Waals surface area contributed by atoms with Gasteiger partial charge in [-0.1, -0.05) is 32.4 Å². The van der Waals surface area contributed by atoms with E-state index in [2.05, 4.69) is 40.0 Å². The van der Waals surface area contributed by atoms with E-state index in [1.807, 2.05) is 0 Å². The first-order valence-electron chi connectivity index (χ1n) is 23.9. The number of aromatic hydroxyl groups is 1. The quantitative estimate of drug-likeness (QED) is 0.0188. The summed E-state index contributed by atoms with van der Waals surface area (Å²) in [6.07, 6.45) is 6.17. The van der Waals surface area contributed by atoms with Crippen molar-refractivity contribution in [1.29, 1.82) is 10.8 Å². The third kappa shape index (κ3) is 68.8. The maximum absolute atomic E-state index is 10.4. The third-order valence-corrected chi connectivity index (χ3v) is 9.26. The number of rotatable bonds is 25. The number of phenols is 1. The predicted molar refractivity (Wildman–Crippen MR) is 297 cm³/mol. The number of nitrogens with one attached hydrogen (secondary N) is 5. The van der Waals surface area contributed by atoms with E-state index in [9.17, 15) is 43.2 Å². The summed E-state index contributed by atoms with van der Waals surface area (Å²) in [5, 5.41) is 104. The van der Waals surface area contributed by atoms with Crippen LogP contribution in [-0.2, 0) is 49.6 Å². The Kier molecular flexibility index (Phi) is 61.1. The van der Waals surface area contributed by atoms with Crippen LogP contribution >= 0.6 is 12.6 Å². The van der Waals surface area contributed by atoms with Crippen molar-refractivity contribution in [1.82, 2.24) is 16.0 Å². The van der Waals surface area contributed by atoms with Crippen molar-refractivity contribution in [3.05, 3.63) is 29.8 Å². The van der Waals surface area contributed by atoms with Gasteiger partial charge in [0.1, 0.15) is 48.0 Å². The normalized spacial score (nSPS) is 13.6. The zero-order chi connectivity index (χ0) is 64.1. The molecule has 36 heteroatoms. The average molecular weight is 1180 g/mol. The predicted octanol–water partition coefficient (Wildman–Crippen LogP) is -5.54. The second-order valence-corrected chi connectivity index (χ2v) is 16.7. The molecule has 1 aromatic carbocycles. The maximum Gasteiger partial charge on any atom is 0.321 e. The molecule has 466 valence electrons. The summed E-state index contributed by atoms with van der Waals surface area (Å²) in [5.74, 6) is -8.40. The van der Waals surface area contributed by atoms with Crippen molar-refractivity contribution < 1.29 is 94.2 Å². The molecule has 2 rings (SSSR count). The zero-order valence-corrected chi connectivity index (χ0v) is 45.8. The Labute approximate surface area is 468 Å². The topological polar surface area (TPSA) is 726 Å². The number of carbonyl (C=O) groups is 9. The molecule has 1 aliphatic rings. The Bertz CT molecular complexity index is 1830. The molecule has 1 aliphatic heterocycles. The molecule has 35 nitrogen and oxygen atoms in total. The standard InChI is InChI=1S/C9H11NO3.2C6H14N4O2.C6H14N2O2.C5H9NO2.C5H11NO2.C3H7NO2S.2C2H5NO2/c10-8(9(12)13)5-6-1-3-7(11)4-2-6;2*7-4(5(11)12)2-1-3-10-6(8)9;7-4-2-1-3-5(8)6(9)10;7-5(8)4-2-1-3-6-4;1-3(2)4(6)5(7)8;4-2(1-7)3(5)6;2*3-1-2(4)5/h1-4,8,11H,5,10H2,(H,12,13);2*4H,1-3,7H2,(H,11,12)(H4,8,9,10);5H,1-4,7-8H2,(H,9,10);4,6H,1-3H2,(H,7,8);3-4H,6H2,1-2H3,(H,7,8);2,7H,1,4H2,(H,5,6);2*1,3H2,(H,4,5)/t;;;;4-;;;;/m....0..../s1. The highest BCUT2D eigenvalue weighted by molar-refractivity contribution is 7.80. The smallest absolute Gasteiger partial charge is 0.321 e. The molecule has 0 saturated carbocycles. The molecule has 7 atom stereocenters. The highest BCUT2D eigenvalue weighted by atomic mass is 32.1. The Morgan fingerprint density at radius 3 is 1.14 bits per heavy atom. The lowest BCUT2D eigenvalue weighted by atomic mass is 10.1. The van der Waals surface area contributed by atoms with E-state index in [0.717, 1.165) is 37.8 Å². The van der Waals surface area contributed by atoms with E-state index in [0.29, 0.717) is 51.7 Å². The first-order valence-corrected chi connectivity index (χ1v) is 24.5. The fraction of sp³-hybridized carbons (Fsp3) is 0.614. The summed E-state index contributed by atoms with van der Waals surface area (Å²) >= 11 is 3.65. The van der Waals surface area contributed by atoms with E-state index >= 15 is 0 Å². The molecule has 6 unspecified atom stereocenters. The number of hydrogen-bond donors (Lipinski definition) is 27. The summed E-state index contributed by atoms with van der Waals surface area (Å²) in [5.41, 5.74) is 56.2. The number of benzene rings is 1. The van der Waals surface area contributed by atoms with Gasteiger partial charge in [0.2, 0.25) is 0 Å². The molecular formula is C44H90N16O19S. The van der Waals surface area contributed by atoms with Crippen molar-refractivity contribution in [3.63, 3.8) is 0 Å². The average Bonchev–Trinajstić information content (AvgIpc) is 3.94. The minimum Gasteiger partial charge on any atom is -0.508 e. The highest BCUT2D eigenvalue weighted by Crippen LogP contribution is 2.11. The van der Waals surface area contributed by atoms with Crippen molar-refractivity contribution in [2.45, 2.75) is 120 Å². The van der Waals surface area contributed by atoms with Gasteiger partial charge in [-0.15, -0.1) is 0 Å². The first-order chi connectivity index (χ1) is 36.9. The van der Waals surface area contributed by atoms with E-state index < -0.39 is 90.0 Å². The number of carboxylic acids is 9. The largest absolute Gasteiger partial charge is 0.508 e. The molecular weight excluding hydrogens is 1090 g/mol. The molecule has 37 N–H and O–H groups in total. The number of guanidine groups is 2. The molecule has 0 spiro atoms. The van der Waals surface area contributed by atoms with E-state index in [4.69, 9.17) is 113 Å². The summed E-state index contributed by atoms with van der Waals surface area (Å²) in [7, 11) is 0. The molecule has 0 aromatic heterocycles. The van der Waals surface area contributed by atoms with Gasteiger partial charge in [0, 0.05) is 18.8 Å². The van der Waals surface area contributed by atoms with E-state index in [1.54, 1.807) is 26.0 Å². The number of hydrogen-bond acceptors (Lipinski definition) is 23. The monoisotopic (exact) mass is 1180 g/mol. The lowest BCUT2D eigenvalue weighted by molar-refractivity contribution is -0.140. The van der Waals surface area contributed by atoms with Crippen molar-refractivity contribution in [2.24, 2.45) is 69.0 Å². The number of phenolic OH excluding ortho intramolecular Hbond substituents is 1. The fourth-order valence-corrected chi connectivity index (χ4v) is 4.36. The van der Waals surface area contributed by atoms with Crippen LogP contribution in [0.2, 0.25) is 0 Å². The molecule has 0 amide bonds. The summed E-state index contributed by atoms with van der Waals surface area (Å²) in [4.78, 5) is 89.4. The van der Waals surface area contributed by atoms with E-state index in [1.165, 1.54) is 12.1 Å². The van der Waals surface area contributed by atoms with Crippen LogP contribution in [0.15, 0.2) is 24.3 Å². The molecule has 0 aliphatic carbocycles. The Morgan fingerprint density at radius 2 is 0.938 bits per heavy atom. The second-order valence-electron chi connectivity index (χ2n) is 16.3. The maximum atomic E-state index is 10.4. The Hall–Kier alpha value is -7.26. The zero-order valence-electron chi connectivity index (χ0n) is 44.9. The molecule has 0 bridgehead atoms. The number of nitrogens with two attached hydrogens (primary N) is 11. The second kappa shape index (κ2) is 56.5. The summed E-state index contributed by atoms with van der Waals surface area (Å²) in [6.45, 7) is 5.42. The Balaban J connectivity index is -0.000000152. The lowest BCUT2D eigenvalue weighted by Crippen LogP contribution is -2.34. The third-order valence-electron chi connectivity index (χ3n) is 8.87. The van der Waals surface area contributed by atoms with Gasteiger partial charge < -0.3 is 130 Å². The molecule has 1 fully saturated rings. The van der Waals surface area contributed by atoms with Crippen LogP contribution in [0, 0.1) is 16.7 Å². The number of carboxylic acid groups (broad SMARTS) is 9. The Morgan fingerprint density at radius 1 is 0.588 bits per heavy atom. The number of unbranched alkanes of at least 4 members (excludes halogenated alkanes) is 1. The number of aliphatic carboxylic acids is 9. The molecule has 80 heavy (non-hydrogen) atoms. The van der Waals surface area contributed by atoms with Crippen LogP contribution < -0.4 is 79.0 Å².